The first-order valence-corrected chi connectivity index (χ1v) is 8.72. The third-order valence-corrected chi connectivity index (χ3v) is 4.48. The van der Waals surface area contributed by atoms with E-state index >= 15 is 0 Å². The van der Waals surface area contributed by atoms with Crippen molar-refractivity contribution < 1.29 is 4.79 Å². The lowest BCUT2D eigenvalue weighted by molar-refractivity contribution is -0.126. The number of aromatic nitrogens is 2. The Morgan fingerprint density at radius 2 is 2.04 bits per heavy atom. The molecule has 0 bridgehead atoms. The summed E-state index contributed by atoms with van der Waals surface area (Å²) in [5.74, 6) is -0.00793. The molecule has 7 heteroatoms. The highest BCUT2D eigenvalue weighted by Crippen LogP contribution is 2.20. The van der Waals surface area contributed by atoms with Crippen LogP contribution in [-0.2, 0) is 4.79 Å². The number of hydrogen-bond acceptors (Lipinski definition) is 5. The number of aromatic amines is 1. The van der Waals surface area contributed by atoms with Crippen LogP contribution in [0.5, 0.6) is 0 Å². The number of nitrogens with zero attached hydrogens (tertiary/aromatic N) is 2. The van der Waals surface area contributed by atoms with Crippen LogP contribution in [0, 0.1) is 0 Å². The SMILES string of the molecule is NCC=CC(=O)N1CCC(Nc2cc(-c3ccncc3)c[nH]c2=O)CC1. The smallest absolute Gasteiger partial charge is 0.271 e. The Labute approximate surface area is 151 Å². The molecule has 3 rings (SSSR count). The normalized spacial score (nSPS) is 15.3. The first kappa shape index (κ1) is 17.9. The van der Waals surface area contributed by atoms with E-state index in [0.717, 1.165) is 24.0 Å². The molecule has 26 heavy (non-hydrogen) atoms. The van der Waals surface area contributed by atoms with Crippen LogP contribution >= 0.6 is 0 Å². The number of rotatable bonds is 5. The van der Waals surface area contributed by atoms with Gasteiger partial charge in [0.1, 0.15) is 5.69 Å². The second-order valence-corrected chi connectivity index (χ2v) is 6.25. The molecule has 0 radical (unpaired) electrons. The van der Waals surface area contributed by atoms with Gasteiger partial charge in [-0.25, -0.2) is 0 Å². The fraction of sp³-hybridized carbons (Fsp3) is 0.316. The summed E-state index contributed by atoms with van der Waals surface area (Å²) in [7, 11) is 0. The number of likely N-dealkylation sites (tertiary alicyclic amines) is 1. The lowest BCUT2D eigenvalue weighted by Crippen LogP contribution is -2.42. The van der Waals surface area contributed by atoms with Gasteiger partial charge in [-0.1, -0.05) is 6.08 Å². The molecule has 2 aromatic heterocycles. The topological polar surface area (TPSA) is 104 Å². The zero-order chi connectivity index (χ0) is 18.4. The van der Waals surface area contributed by atoms with E-state index in [1.54, 1.807) is 24.7 Å². The zero-order valence-corrected chi connectivity index (χ0v) is 14.5. The number of pyridine rings is 2. The summed E-state index contributed by atoms with van der Waals surface area (Å²) in [5, 5.41) is 3.33. The summed E-state index contributed by atoms with van der Waals surface area (Å²) in [6.07, 6.45) is 9.92. The molecule has 7 nitrogen and oxygen atoms in total. The lowest BCUT2D eigenvalue weighted by atomic mass is 10.0. The molecule has 0 atom stereocenters. The van der Waals surface area contributed by atoms with Crippen LogP contribution < -0.4 is 16.6 Å². The van der Waals surface area contributed by atoms with Crippen LogP contribution in [0.3, 0.4) is 0 Å². The van der Waals surface area contributed by atoms with Gasteiger partial charge in [0, 0.05) is 55.9 Å². The molecule has 0 saturated carbocycles. The molecule has 1 aliphatic heterocycles. The fourth-order valence-electron chi connectivity index (χ4n) is 3.04. The molecule has 0 unspecified atom stereocenters. The standard InChI is InChI=1S/C19H23N5O2/c20-7-1-2-18(25)24-10-5-16(6-11-24)23-17-12-15(13-22-19(17)26)14-3-8-21-9-4-14/h1-4,8-9,12-13,16,23H,5-7,10-11,20H2,(H,22,26). The van der Waals surface area contributed by atoms with Crippen LogP contribution in [0.25, 0.3) is 11.1 Å². The third-order valence-electron chi connectivity index (χ3n) is 4.48. The molecule has 3 heterocycles. The molecule has 0 aliphatic carbocycles. The van der Waals surface area contributed by atoms with Gasteiger partial charge < -0.3 is 20.9 Å². The maximum atomic E-state index is 12.2. The Bertz CT molecular complexity index is 823. The van der Waals surface area contributed by atoms with Crippen LogP contribution in [0.15, 0.2) is 53.7 Å². The summed E-state index contributed by atoms with van der Waals surface area (Å²) < 4.78 is 0. The second-order valence-electron chi connectivity index (χ2n) is 6.25. The molecule has 0 spiro atoms. The number of hydrogen-bond donors (Lipinski definition) is 3. The highest BCUT2D eigenvalue weighted by Gasteiger charge is 2.22. The first-order chi connectivity index (χ1) is 12.7. The van der Waals surface area contributed by atoms with Crippen molar-refractivity contribution in [1.82, 2.24) is 14.9 Å². The fourth-order valence-corrected chi connectivity index (χ4v) is 3.04. The molecule has 1 fully saturated rings. The molecular formula is C19H23N5O2. The molecule has 136 valence electrons. The van der Waals surface area contributed by atoms with Crippen molar-refractivity contribution in [3.8, 4) is 11.1 Å². The van der Waals surface area contributed by atoms with Crippen molar-refractivity contribution in [2.75, 3.05) is 25.0 Å². The minimum absolute atomic E-state index is 0.00793. The van der Waals surface area contributed by atoms with E-state index < -0.39 is 0 Å². The Balaban J connectivity index is 1.64. The average molecular weight is 353 g/mol. The predicted octanol–water partition coefficient (Wildman–Crippen LogP) is 1.35. The van der Waals surface area contributed by atoms with Gasteiger partial charge in [-0.15, -0.1) is 0 Å². The van der Waals surface area contributed by atoms with Gasteiger partial charge in [0.05, 0.1) is 0 Å². The zero-order valence-electron chi connectivity index (χ0n) is 14.5. The van der Waals surface area contributed by atoms with E-state index in [-0.39, 0.29) is 17.5 Å². The van der Waals surface area contributed by atoms with Gasteiger partial charge in [0.25, 0.3) is 5.56 Å². The van der Waals surface area contributed by atoms with Gasteiger partial charge in [0.2, 0.25) is 5.91 Å². The molecule has 1 amide bonds. The molecule has 1 saturated heterocycles. The van der Waals surface area contributed by atoms with Crippen molar-refractivity contribution >= 4 is 11.6 Å². The predicted molar refractivity (Wildman–Crippen MR) is 102 cm³/mol. The minimum Gasteiger partial charge on any atom is -0.378 e. The van der Waals surface area contributed by atoms with Crippen molar-refractivity contribution in [3.05, 3.63) is 59.3 Å². The number of nitrogens with two attached hydrogens (primary N) is 1. The first-order valence-electron chi connectivity index (χ1n) is 8.72. The molecular weight excluding hydrogens is 330 g/mol. The lowest BCUT2D eigenvalue weighted by Gasteiger charge is -2.32. The molecule has 1 aliphatic rings. The van der Waals surface area contributed by atoms with E-state index in [1.165, 1.54) is 6.08 Å². The van der Waals surface area contributed by atoms with Gasteiger partial charge >= 0.3 is 0 Å². The number of amides is 1. The Kier molecular flexibility index (Phi) is 5.80. The van der Waals surface area contributed by atoms with Crippen molar-refractivity contribution in [2.24, 2.45) is 5.73 Å². The van der Waals surface area contributed by atoms with Gasteiger partial charge in [0.15, 0.2) is 0 Å². The highest BCUT2D eigenvalue weighted by atomic mass is 16.2. The largest absolute Gasteiger partial charge is 0.378 e. The van der Waals surface area contributed by atoms with Crippen molar-refractivity contribution in [3.63, 3.8) is 0 Å². The summed E-state index contributed by atoms with van der Waals surface area (Å²) in [6.45, 7) is 1.68. The van der Waals surface area contributed by atoms with E-state index in [0.29, 0.717) is 25.3 Å². The second kappa shape index (κ2) is 8.44. The quantitative estimate of drug-likeness (QED) is 0.704. The minimum atomic E-state index is -0.146. The molecule has 2 aromatic rings. The maximum absolute atomic E-state index is 12.2. The Hall–Kier alpha value is -2.93. The number of piperidine rings is 1. The van der Waals surface area contributed by atoms with E-state index in [9.17, 15) is 9.59 Å². The van der Waals surface area contributed by atoms with Gasteiger partial charge in [-0.05, 0) is 36.6 Å². The van der Waals surface area contributed by atoms with Gasteiger partial charge in [-0.3, -0.25) is 14.6 Å². The Morgan fingerprint density at radius 1 is 1.31 bits per heavy atom. The van der Waals surface area contributed by atoms with Crippen LogP contribution in [-0.4, -0.2) is 46.5 Å². The highest BCUT2D eigenvalue weighted by molar-refractivity contribution is 5.87. The van der Waals surface area contributed by atoms with Crippen molar-refractivity contribution in [1.29, 1.82) is 0 Å². The molecule has 4 N–H and O–H groups in total. The average Bonchev–Trinajstić information content (AvgIpc) is 2.69. The summed E-state index contributed by atoms with van der Waals surface area (Å²) in [4.78, 5) is 32.7. The van der Waals surface area contributed by atoms with E-state index in [1.807, 2.05) is 23.1 Å². The number of anilines is 1. The number of H-pyrrole nitrogens is 1. The Morgan fingerprint density at radius 3 is 2.73 bits per heavy atom. The van der Waals surface area contributed by atoms with Crippen LogP contribution in [0.2, 0.25) is 0 Å². The van der Waals surface area contributed by atoms with E-state index in [4.69, 9.17) is 5.73 Å². The molecule has 0 aromatic carbocycles. The van der Waals surface area contributed by atoms with Crippen LogP contribution in [0.1, 0.15) is 12.8 Å². The summed E-state index contributed by atoms with van der Waals surface area (Å²) >= 11 is 0. The number of carbonyl (C=O) groups excluding carboxylic acids is 1. The number of carbonyl (C=O) groups is 1. The van der Waals surface area contributed by atoms with Crippen molar-refractivity contribution in [2.45, 2.75) is 18.9 Å². The third kappa shape index (κ3) is 4.37. The summed E-state index contributed by atoms with van der Waals surface area (Å²) in [6, 6.07) is 5.81. The van der Waals surface area contributed by atoms with E-state index in [2.05, 4.69) is 15.3 Å². The van der Waals surface area contributed by atoms with Crippen LogP contribution in [0.4, 0.5) is 5.69 Å². The summed E-state index contributed by atoms with van der Waals surface area (Å²) in [5.41, 5.74) is 7.70. The number of nitrogens with one attached hydrogen (secondary N) is 2. The van der Waals surface area contributed by atoms with Gasteiger partial charge in [-0.2, -0.15) is 0 Å². The monoisotopic (exact) mass is 353 g/mol. The maximum Gasteiger partial charge on any atom is 0.271 e.